The minimum atomic E-state index is 0.00990. The highest BCUT2D eigenvalue weighted by molar-refractivity contribution is 6.03. The van der Waals surface area contributed by atoms with Gasteiger partial charge in [-0.2, -0.15) is 0 Å². The van der Waals surface area contributed by atoms with Gasteiger partial charge in [0.05, 0.1) is 0 Å². The van der Waals surface area contributed by atoms with Crippen molar-refractivity contribution in [2.75, 3.05) is 26.2 Å². The zero-order valence-electron chi connectivity index (χ0n) is 21.1. The molecule has 0 radical (unpaired) electrons. The Morgan fingerprint density at radius 1 is 0.730 bits per heavy atom. The summed E-state index contributed by atoms with van der Waals surface area (Å²) in [5.41, 5.74) is 3.57. The highest BCUT2D eigenvalue weighted by atomic mass is 16.1. The molecule has 1 N–H and O–H groups in total. The number of nitrogens with one attached hydrogen (secondary N) is 1. The van der Waals surface area contributed by atoms with Gasteiger partial charge in [-0.05, 0) is 93.5 Å². The summed E-state index contributed by atoms with van der Waals surface area (Å²) in [5, 5.41) is 10.5. The van der Waals surface area contributed by atoms with Crippen molar-refractivity contribution in [2.45, 2.75) is 19.3 Å². The summed E-state index contributed by atoms with van der Waals surface area (Å²) in [6, 6.07) is 33.9. The number of hydrogen-bond donors (Lipinski definition) is 1. The molecule has 0 bridgehead atoms. The molecule has 184 valence electrons. The molecular formula is C34H32N2O. The van der Waals surface area contributed by atoms with Gasteiger partial charge in [0, 0.05) is 25.2 Å². The minimum absolute atomic E-state index is 0.00990. The van der Waals surface area contributed by atoms with E-state index in [1.807, 2.05) is 18.2 Å². The van der Waals surface area contributed by atoms with Gasteiger partial charge in [-0.3, -0.25) is 9.69 Å². The fourth-order valence-electron chi connectivity index (χ4n) is 5.51. The molecule has 3 heteroatoms. The van der Waals surface area contributed by atoms with Gasteiger partial charge >= 0.3 is 0 Å². The highest BCUT2D eigenvalue weighted by Gasteiger charge is 2.14. The van der Waals surface area contributed by atoms with Crippen LogP contribution in [0.25, 0.3) is 37.9 Å². The lowest BCUT2D eigenvalue weighted by atomic mass is 9.94. The monoisotopic (exact) mass is 484 g/mol. The van der Waals surface area contributed by atoms with Crippen LogP contribution in [0, 0.1) is 0 Å². The van der Waals surface area contributed by atoms with Crippen LogP contribution in [-0.2, 0) is 0 Å². The zero-order chi connectivity index (χ0) is 25.0. The Labute approximate surface area is 218 Å². The number of rotatable bonds is 7. The lowest BCUT2D eigenvalue weighted by molar-refractivity contribution is 0.0952. The number of carbonyl (C=O) groups excluding carboxylic acids is 1. The van der Waals surface area contributed by atoms with Gasteiger partial charge in [0.25, 0.3) is 5.91 Å². The summed E-state index contributed by atoms with van der Waals surface area (Å²) >= 11 is 0. The third kappa shape index (κ3) is 5.14. The van der Waals surface area contributed by atoms with Gasteiger partial charge in [-0.15, -0.1) is 0 Å². The Morgan fingerprint density at radius 3 is 2.27 bits per heavy atom. The maximum Gasteiger partial charge on any atom is 0.251 e. The zero-order valence-corrected chi connectivity index (χ0v) is 21.1. The second kappa shape index (κ2) is 10.6. The second-order valence-electron chi connectivity index (χ2n) is 10.0. The summed E-state index contributed by atoms with van der Waals surface area (Å²) in [5.74, 6) is 0.00990. The van der Waals surface area contributed by atoms with Gasteiger partial charge < -0.3 is 5.32 Å². The number of carbonyl (C=O) groups is 1. The van der Waals surface area contributed by atoms with Crippen molar-refractivity contribution in [3.63, 3.8) is 0 Å². The van der Waals surface area contributed by atoms with Crippen molar-refractivity contribution < 1.29 is 4.79 Å². The largest absolute Gasteiger partial charge is 0.352 e. The fourth-order valence-corrected chi connectivity index (χ4v) is 5.51. The normalized spacial score (nSPS) is 14.2. The van der Waals surface area contributed by atoms with Gasteiger partial charge in [-0.1, -0.05) is 78.9 Å². The number of unbranched alkanes of at least 4 members (excludes halogenated alkanes) is 1. The topological polar surface area (TPSA) is 32.3 Å². The van der Waals surface area contributed by atoms with E-state index in [4.69, 9.17) is 0 Å². The summed E-state index contributed by atoms with van der Waals surface area (Å²) in [4.78, 5) is 15.3. The number of fused-ring (bicyclic) bond motifs is 3. The first-order chi connectivity index (χ1) is 18.2. The first-order valence-corrected chi connectivity index (χ1v) is 13.3. The lowest BCUT2D eigenvalue weighted by Gasteiger charge is -2.27. The first-order valence-electron chi connectivity index (χ1n) is 13.3. The molecule has 37 heavy (non-hydrogen) atoms. The summed E-state index contributed by atoms with van der Waals surface area (Å²) < 4.78 is 0. The van der Waals surface area contributed by atoms with Crippen LogP contribution >= 0.6 is 0 Å². The van der Waals surface area contributed by atoms with Crippen LogP contribution in [0.2, 0.25) is 0 Å². The van der Waals surface area contributed by atoms with Crippen molar-refractivity contribution in [3.8, 4) is 0 Å². The Kier molecular flexibility index (Phi) is 6.70. The van der Waals surface area contributed by atoms with Gasteiger partial charge in [0.1, 0.15) is 0 Å². The smallest absolute Gasteiger partial charge is 0.251 e. The molecule has 6 rings (SSSR count). The van der Waals surface area contributed by atoms with Crippen LogP contribution in [0.15, 0.2) is 103 Å². The van der Waals surface area contributed by atoms with Crippen molar-refractivity contribution in [1.29, 1.82) is 0 Å². The predicted molar refractivity (Wildman–Crippen MR) is 156 cm³/mol. The highest BCUT2D eigenvalue weighted by Crippen LogP contribution is 2.29. The molecule has 1 amide bonds. The molecule has 0 unspecified atom stereocenters. The van der Waals surface area contributed by atoms with Crippen LogP contribution in [0.5, 0.6) is 0 Å². The molecule has 0 fully saturated rings. The van der Waals surface area contributed by atoms with Crippen LogP contribution in [0.1, 0.15) is 35.2 Å². The standard InChI is InChI=1S/C34H32N2O/c37-34(30-15-14-29-22-27-9-1-2-10-28(27)23-31(29)24-30)35-18-5-6-19-36-20-16-26(17-21-36)33-13-7-11-25-8-3-4-12-32(25)33/h1-4,7-16,22-24H,5-6,17-21H2,(H,35,37). The Balaban J connectivity index is 0.986. The van der Waals surface area contributed by atoms with E-state index < -0.39 is 0 Å². The molecule has 0 spiro atoms. The van der Waals surface area contributed by atoms with Crippen molar-refractivity contribution >= 4 is 43.8 Å². The van der Waals surface area contributed by atoms with Crippen LogP contribution < -0.4 is 5.32 Å². The quantitative estimate of drug-likeness (QED) is 0.192. The van der Waals surface area contributed by atoms with Crippen molar-refractivity contribution in [3.05, 3.63) is 114 Å². The van der Waals surface area contributed by atoms with Gasteiger partial charge in [-0.25, -0.2) is 0 Å². The van der Waals surface area contributed by atoms with E-state index in [2.05, 4.69) is 95.2 Å². The molecule has 1 aliphatic rings. The molecule has 3 nitrogen and oxygen atoms in total. The van der Waals surface area contributed by atoms with Crippen molar-refractivity contribution in [2.24, 2.45) is 0 Å². The molecule has 0 aromatic heterocycles. The molecule has 0 saturated carbocycles. The molecular weight excluding hydrogens is 452 g/mol. The molecule has 0 aliphatic carbocycles. The number of amides is 1. The van der Waals surface area contributed by atoms with E-state index >= 15 is 0 Å². The number of benzene rings is 5. The van der Waals surface area contributed by atoms with Crippen LogP contribution in [0.4, 0.5) is 0 Å². The van der Waals surface area contributed by atoms with E-state index in [-0.39, 0.29) is 5.91 Å². The van der Waals surface area contributed by atoms with E-state index in [9.17, 15) is 4.79 Å². The van der Waals surface area contributed by atoms with Gasteiger partial charge in [0.15, 0.2) is 0 Å². The Bertz CT molecular complexity index is 1610. The SMILES string of the molecule is O=C(NCCCCN1CC=C(c2cccc3ccccc23)CC1)c1ccc2cc3ccccc3cc2c1. The molecule has 5 aromatic carbocycles. The molecule has 0 atom stereocenters. The molecule has 1 aliphatic heterocycles. The summed E-state index contributed by atoms with van der Waals surface area (Å²) in [7, 11) is 0. The minimum Gasteiger partial charge on any atom is -0.352 e. The summed E-state index contributed by atoms with van der Waals surface area (Å²) in [6.45, 7) is 3.86. The fraction of sp³-hybridized carbons (Fsp3) is 0.206. The van der Waals surface area contributed by atoms with E-state index in [0.717, 1.165) is 55.2 Å². The van der Waals surface area contributed by atoms with E-state index in [0.29, 0.717) is 6.54 Å². The second-order valence-corrected chi connectivity index (χ2v) is 10.0. The van der Waals surface area contributed by atoms with Crippen LogP contribution in [-0.4, -0.2) is 37.0 Å². The third-order valence-corrected chi connectivity index (χ3v) is 7.58. The number of hydrogen-bond acceptors (Lipinski definition) is 2. The first kappa shape index (κ1) is 23.4. The molecule has 0 saturated heterocycles. The van der Waals surface area contributed by atoms with Crippen molar-refractivity contribution in [1.82, 2.24) is 10.2 Å². The average Bonchev–Trinajstić information content (AvgIpc) is 2.95. The average molecular weight is 485 g/mol. The number of nitrogens with zero attached hydrogens (tertiary/aromatic N) is 1. The van der Waals surface area contributed by atoms with Gasteiger partial charge in [0.2, 0.25) is 0 Å². The molecule has 5 aromatic rings. The van der Waals surface area contributed by atoms with E-state index in [1.54, 1.807) is 0 Å². The van der Waals surface area contributed by atoms with Crippen LogP contribution in [0.3, 0.4) is 0 Å². The predicted octanol–water partition coefficient (Wildman–Crippen LogP) is 7.45. The lowest BCUT2D eigenvalue weighted by Crippen LogP contribution is -2.30. The third-order valence-electron chi connectivity index (χ3n) is 7.58. The van der Waals surface area contributed by atoms with E-state index in [1.165, 1.54) is 32.7 Å². The Morgan fingerprint density at radius 2 is 1.46 bits per heavy atom. The molecule has 1 heterocycles. The maximum absolute atomic E-state index is 12.8. The Hall–Kier alpha value is -3.95. The summed E-state index contributed by atoms with van der Waals surface area (Å²) in [6.07, 6.45) is 5.56. The maximum atomic E-state index is 12.8.